The first kappa shape index (κ1) is 19.5. The van der Waals surface area contributed by atoms with Gasteiger partial charge in [-0.2, -0.15) is 5.10 Å². The Balaban J connectivity index is 1.69. The Labute approximate surface area is 165 Å². The summed E-state index contributed by atoms with van der Waals surface area (Å²) in [5.41, 5.74) is 3.42. The van der Waals surface area contributed by atoms with E-state index in [1.807, 2.05) is 54.6 Å². The molecule has 0 spiro atoms. The number of ether oxygens (including phenoxy) is 2. The quantitative estimate of drug-likeness (QED) is 0.631. The van der Waals surface area contributed by atoms with E-state index in [1.165, 1.54) is 0 Å². The standard InChI is InChI=1S/C22H25N3O3/c1-24(13-12-16-10-11-20(27-3)21(14-16)28-4)22(26)19-15-18(23-25(19)2)17-8-6-5-7-9-17/h5-11,14-15H,12-13H2,1-4H3. The number of amides is 1. The Morgan fingerprint density at radius 3 is 2.43 bits per heavy atom. The van der Waals surface area contributed by atoms with Gasteiger partial charge in [-0.25, -0.2) is 0 Å². The molecule has 1 heterocycles. The fourth-order valence-electron chi connectivity index (χ4n) is 3.05. The maximum absolute atomic E-state index is 12.9. The van der Waals surface area contributed by atoms with Gasteiger partial charge in [0.1, 0.15) is 5.69 Å². The number of benzene rings is 2. The number of nitrogens with zero attached hydrogens (tertiary/aromatic N) is 3. The van der Waals surface area contributed by atoms with Crippen molar-refractivity contribution in [2.75, 3.05) is 27.8 Å². The molecule has 0 saturated heterocycles. The molecule has 0 atom stereocenters. The van der Waals surface area contributed by atoms with Crippen molar-refractivity contribution < 1.29 is 14.3 Å². The molecule has 1 amide bonds. The summed E-state index contributed by atoms with van der Waals surface area (Å²) in [6.45, 7) is 0.583. The van der Waals surface area contributed by atoms with Crippen molar-refractivity contribution in [3.05, 3.63) is 65.9 Å². The highest BCUT2D eigenvalue weighted by molar-refractivity contribution is 5.93. The van der Waals surface area contributed by atoms with E-state index in [9.17, 15) is 4.79 Å². The van der Waals surface area contributed by atoms with Gasteiger partial charge in [0.05, 0.1) is 19.9 Å². The van der Waals surface area contributed by atoms with Crippen LogP contribution in [0.2, 0.25) is 0 Å². The van der Waals surface area contributed by atoms with Crippen molar-refractivity contribution in [3.63, 3.8) is 0 Å². The van der Waals surface area contributed by atoms with Gasteiger partial charge in [-0.05, 0) is 30.2 Å². The average Bonchev–Trinajstić information content (AvgIpc) is 3.13. The van der Waals surface area contributed by atoms with Gasteiger partial charge in [0.15, 0.2) is 11.5 Å². The van der Waals surface area contributed by atoms with Crippen molar-refractivity contribution in [1.82, 2.24) is 14.7 Å². The smallest absolute Gasteiger partial charge is 0.271 e. The molecule has 2 aromatic carbocycles. The molecule has 146 valence electrons. The molecule has 6 nitrogen and oxygen atoms in total. The predicted octanol–water partition coefficient (Wildman–Crippen LogP) is 3.42. The molecule has 3 aromatic rings. The van der Waals surface area contributed by atoms with E-state index in [-0.39, 0.29) is 5.91 Å². The number of hydrogen-bond donors (Lipinski definition) is 0. The molecule has 0 aliphatic heterocycles. The van der Waals surface area contributed by atoms with Crippen LogP contribution in [0.1, 0.15) is 16.1 Å². The van der Waals surface area contributed by atoms with Crippen LogP contribution in [0.5, 0.6) is 11.5 Å². The van der Waals surface area contributed by atoms with Crippen LogP contribution < -0.4 is 9.47 Å². The number of likely N-dealkylation sites (N-methyl/N-ethyl adjacent to an activating group) is 1. The summed E-state index contributed by atoms with van der Waals surface area (Å²) in [6, 6.07) is 17.5. The Kier molecular flexibility index (Phi) is 5.99. The topological polar surface area (TPSA) is 56.6 Å². The summed E-state index contributed by atoms with van der Waals surface area (Å²) in [4.78, 5) is 14.6. The second-order valence-electron chi connectivity index (χ2n) is 6.57. The molecule has 0 N–H and O–H groups in total. The fraction of sp³-hybridized carbons (Fsp3) is 0.273. The van der Waals surface area contributed by atoms with Crippen LogP contribution in [0.25, 0.3) is 11.3 Å². The van der Waals surface area contributed by atoms with Crippen molar-refractivity contribution in [2.24, 2.45) is 7.05 Å². The Morgan fingerprint density at radius 1 is 1.04 bits per heavy atom. The van der Waals surface area contributed by atoms with Gasteiger partial charge in [-0.3, -0.25) is 9.48 Å². The Bertz CT molecular complexity index is 951. The maximum Gasteiger partial charge on any atom is 0.271 e. The SMILES string of the molecule is COc1ccc(CCN(C)C(=O)c2cc(-c3ccccc3)nn2C)cc1OC. The molecular weight excluding hydrogens is 354 g/mol. The first-order chi connectivity index (χ1) is 13.5. The molecule has 0 aliphatic carbocycles. The van der Waals surface area contributed by atoms with Crippen molar-refractivity contribution in [1.29, 1.82) is 0 Å². The van der Waals surface area contributed by atoms with Crippen LogP contribution in [0.15, 0.2) is 54.6 Å². The molecule has 0 aliphatic rings. The lowest BCUT2D eigenvalue weighted by Gasteiger charge is -2.17. The van der Waals surface area contributed by atoms with Crippen LogP contribution in [0.4, 0.5) is 0 Å². The summed E-state index contributed by atoms with van der Waals surface area (Å²) in [5.74, 6) is 1.32. The number of carbonyl (C=O) groups excluding carboxylic acids is 1. The molecule has 1 aromatic heterocycles. The Hall–Kier alpha value is -3.28. The van der Waals surface area contributed by atoms with Crippen LogP contribution in [0.3, 0.4) is 0 Å². The largest absolute Gasteiger partial charge is 0.493 e. The van der Waals surface area contributed by atoms with E-state index in [1.54, 1.807) is 37.9 Å². The second-order valence-corrected chi connectivity index (χ2v) is 6.57. The fourth-order valence-corrected chi connectivity index (χ4v) is 3.05. The molecule has 0 saturated carbocycles. The highest BCUT2D eigenvalue weighted by atomic mass is 16.5. The third-order valence-corrected chi connectivity index (χ3v) is 4.70. The molecular formula is C22H25N3O3. The maximum atomic E-state index is 12.9. The number of carbonyl (C=O) groups is 1. The van der Waals surface area contributed by atoms with E-state index in [2.05, 4.69) is 5.10 Å². The van der Waals surface area contributed by atoms with Gasteiger partial charge in [-0.1, -0.05) is 36.4 Å². The number of methoxy groups -OCH3 is 2. The van der Waals surface area contributed by atoms with E-state index >= 15 is 0 Å². The summed E-state index contributed by atoms with van der Waals surface area (Å²) in [6.07, 6.45) is 0.714. The number of rotatable bonds is 7. The minimum absolute atomic E-state index is 0.0577. The first-order valence-electron chi connectivity index (χ1n) is 9.09. The summed E-state index contributed by atoms with van der Waals surface area (Å²) in [5, 5.41) is 4.48. The monoisotopic (exact) mass is 379 g/mol. The van der Waals surface area contributed by atoms with E-state index in [4.69, 9.17) is 9.47 Å². The molecule has 3 rings (SSSR count). The zero-order chi connectivity index (χ0) is 20.1. The first-order valence-corrected chi connectivity index (χ1v) is 9.09. The second kappa shape index (κ2) is 8.61. The third kappa shape index (κ3) is 4.17. The highest BCUT2D eigenvalue weighted by Crippen LogP contribution is 2.27. The van der Waals surface area contributed by atoms with E-state index < -0.39 is 0 Å². The van der Waals surface area contributed by atoms with Gasteiger partial charge in [0.25, 0.3) is 5.91 Å². The lowest BCUT2D eigenvalue weighted by molar-refractivity contribution is 0.0786. The highest BCUT2D eigenvalue weighted by Gasteiger charge is 2.18. The molecule has 0 bridgehead atoms. The van der Waals surface area contributed by atoms with Crippen LogP contribution in [-0.2, 0) is 13.5 Å². The van der Waals surface area contributed by atoms with Crippen molar-refractivity contribution in [2.45, 2.75) is 6.42 Å². The normalized spacial score (nSPS) is 10.6. The third-order valence-electron chi connectivity index (χ3n) is 4.70. The minimum atomic E-state index is -0.0577. The van der Waals surface area contributed by atoms with Gasteiger partial charge in [0, 0.05) is 26.2 Å². The average molecular weight is 379 g/mol. The predicted molar refractivity (Wildman–Crippen MR) is 109 cm³/mol. The Morgan fingerprint density at radius 2 is 1.75 bits per heavy atom. The summed E-state index contributed by atoms with van der Waals surface area (Å²) < 4.78 is 12.2. The lowest BCUT2D eigenvalue weighted by Crippen LogP contribution is -2.30. The van der Waals surface area contributed by atoms with Crippen LogP contribution in [-0.4, -0.2) is 48.4 Å². The zero-order valence-corrected chi connectivity index (χ0v) is 16.7. The van der Waals surface area contributed by atoms with Gasteiger partial charge in [0.2, 0.25) is 0 Å². The zero-order valence-electron chi connectivity index (χ0n) is 16.7. The van der Waals surface area contributed by atoms with E-state index in [0.717, 1.165) is 16.8 Å². The number of aromatic nitrogens is 2. The molecule has 0 radical (unpaired) electrons. The number of hydrogen-bond acceptors (Lipinski definition) is 4. The lowest BCUT2D eigenvalue weighted by atomic mass is 10.1. The molecule has 6 heteroatoms. The molecule has 0 unspecified atom stereocenters. The van der Waals surface area contributed by atoms with Crippen LogP contribution >= 0.6 is 0 Å². The van der Waals surface area contributed by atoms with Crippen LogP contribution in [0, 0.1) is 0 Å². The van der Waals surface area contributed by atoms with Crippen molar-refractivity contribution >= 4 is 5.91 Å². The molecule has 28 heavy (non-hydrogen) atoms. The van der Waals surface area contributed by atoms with Gasteiger partial charge < -0.3 is 14.4 Å². The van der Waals surface area contributed by atoms with Gasteiger partial charge >= 0.3 is 0 Å². The summed E-state index contributed by atoms with van der Waals surface area (Å²) >= 11 is 0. The minimum Gasteiger partial charge on any atom is -0.493 e. The summed E-state index contributed by atoms with van der Waals surface area (Å²) in [7, 11) is 6.83. The van der Waals surface area contributed by atoms with Crippen molar-refractivity contribution in [3.8, 4) is 22.8 Å². The molecule has 0 fully saturated rings. The van der Waals surface area contributed by atoms with E-state index in [0.29, 0.717) is 30.2 Å². The van der Waals surface area contributed by atoms with Gasteiger partial charge in [-0.15, -0.1) is 0 Å². The number of aryl methyl sites for hydroxylation is 1.